The highest BCUT2D eigenvalue weighted by Gasteiger charge is 2.22. The van der Waals surface area contributed by atoms with E-state index in [4.69, 9.17) is 9.47 Å². The van der Waals surface area contributed by atoms with Crippen LogP contribution in [-0.2, 0) is 19.5 Å². The molecule has 0 aliphatic carbocycles. The second-order valence-corrected chi connectivity index (χ2v) is 6.83. The Morgan fingerprint density at radius 2 is 1.96 bits per heavy atom. The zero-order chi connectivity index (χ0) is 17.1. The lowest BCUT2D eigenvalue weighted by atomic mass is 9.99. The van der Waals surface area contributed by atoms with E-state index in [0.29, 0.717) is 25.4 Å². The molecule has 3 rings (SSSR count). The molecule has 0 fully saturated rings. The van der Waals surface area contributed by atoms with Gasteiger partial charge in [0.25, 0.3) is 0 Å². The molecule has 0 atom stereocenters. The van der Waals surface area contributed by atoms with Crippen LogP contribution in [0.25, 0.3) is 0 Å². The molecular formula is C18H22N2O3S. The summed E-state index contributed by atoms with van der Waals surface area (Å²) in [4.78, 5) is 15.5. The minimum Gasteiger partial charge on any atom is -0.493 e. The number of carbonyl (C=O) groups is 1. The topological polar surface area (TPSA) is 50.8 Å². The first-order valence-corrected chi connectivity index (χ1v) is 8.80. The first-order chi connectivity index (χ1) is 11.6. The van der Waals surface area contributed by atoms with E-state index in [2.05, 4.69) is 18.3 Å². The van der Waals surface area contributed by atoms with E-state index in [1.54, 1.807) is 25.6 Å². The highest BCUT2D eigenvalue weighted by Crippen LogP contribution is 2.33. The molecule has 2 aromatic rings. The van der Waals surface area contributed by atoms with Crippen LogP contribution in [0.3, 0.4) is 0 Å². The van der Waals surface area contributed by atoms with Crippen LogP contribution in [0.5, 0.6) is 11.5 Å². The molecule has 2 heterocycles. The van der Waals surface area contributed by atoms with Crippen LogP contribution in [0.2, 0.25) is 0 Å². The van der Waals surface area contributed by atoms with Gasteiger partial charge < -0.3 is 19.7 Å². The van der Waals surface area contributed by atoms with Crippen LogP contribution in [0.1, 0.15) is 21.6 Å². The van der Waals surface area contributed by atoms with Gasteiger partial charge in [-0.25, -0.2) is 4.79 Å². The molecular weight excluding hydrogens is 324 g/mol. The zero-order valence-electron chi connectivity index (χ0n) is 14.2. The number of hydrogen-bond acceptors (Lipinski definition) is 4. The third-order valence-corrected chi connectivity index (χ3v) is 5.40. The number of rotatable bonds is 4. The Labute approximate surface area is 146 Å². The molecule has 0 unspecified atom stereocenters. The Hall–Kier alpha value is -2.21. The van der Waals surface area contributed by atoms with Gasteiger partial charge in [0.1, 0.15) is 0 Å². The van der Waals surface area contributed by atoms with Crippen molar-refractivity contribution in [2.24, 2.45) is 0 Å². The molecule has 24 heavy (non-hydrogen) atoms. The van der Waals surface area contributed by atoms with Gasteiger partial charge in [0.2, 0.25) is 0 Å². The van der Waals surface area contributed by atoms with E-state index < -0.39 is 0 Å². The lowest BCUT2D eigenvalue weighted by molar-refractivity contribution is 0.192. The van der Waals surface area contributed by atoms with Gasteiger partial charge >= 0.3 is 6.03 Å². The van der Waals surface area contributed by atoms with Crippen LogP contribution in [0.4, 0.5) is 4.79 Å². The van der Waals surface area contributed by atoms with Crippen LogP contribution < -0.4 is 14.8 Å². The van der Waals surface area contributed by atoms with E-state index >= 15 is 0 Å². The molecule has 6 heteroatoms. The van der Waals surface area contributed by atoms with Crippen molar-refractivity contribution in [2.75, 3.05) is 20.8 Å². The van der Waals surface area contributed by atoms with Crippen molar-refractivity contribution < 1.29 is 14.3 Å². The monoisotopic (exact) mass is 346 g/mol. The summed E-state index contributed by atoms with van der Waals surface area (Å²) in [5, 5.41) is 5.07. The van der Waals surface area contributed by atoms with Crippen LogP contribution >= 0.6 is 11.3 Å². The molecule has 1 aliphatic heterocycles. The Bertz CT molecular complexity index is 742. The minimum absolute atomic E-state index is 0.0248. The second kappa shape index (κ2) is 7.13. The van der Waals surface area contributed by atoms with Gasteiger partial charge in [-0.3, -0.25) is 0 Å². The molecule has 1 N–H and O–H groups in total. The summed E-state index contributed by atoms with van der Waals surface area (Å²) in [6.45, 7) is 3.94. The highest BCUT2D eigenvalue weighted by atomic mass is 32.1. The summed E-state index contributed by atoms with van der Waals surface area (Å²) in [5.41, 5.74) is 3.55. The summed E-state index contributed by atoms with van der Waals surface area (Å²) in [7, 11) is 3.26. The largest absolute Gasteiger partial charge is 0.493 e. The first-order valence-electron chi connectivity index (χ1n) is 7.92. The average molecular weight is 346 g/mol. The quantitative estimate of drug-likeness (QED) is 0.924. The number of carbonyl (C=O) groups excluding carboxylic acids is 1. The number of benzene rings is 1. The summed E-state index contributed by atoms with van der Waals surface area (Å²) in [5.74, 6) is 1.44. The summed E-state index contributed by atoms with van der Waals surface area (Å²) < 4.78 is 10.7. The standard InChI is InChI=1S/C18H22N2O3S/c1-12-5-7-24-17(12)10-19-18(21)20-6-4-13-8-15(22-2)16(23-3)9-14(13)11-20/h5,7-9H,4,6,10-11H2,1-3H3,(H,19,21). The van der Waals surface area contributed by atoms with Crippen molar-refractivity contribution in [1.29, 1.82) is 0 Å². The van der Waals surface area contributed by atoms with Gasteiger partial charge in [0.05, 0.1) is 20.8 Å². The maximum absolute atomic E-state index is 12.5. The molecule has 1 aromatic carbocycles. The SMILES string of the molecule is COc1cc2c(cc1OC)CN(C(=O)NCc1sccc1C)CC2. The Morgan fingerprint density at radius 1 is 1.25 bits per heavy atom. The number of aryl methyl sites for hydroxylation is 1. The van der Waals surface area contributed by atoms with Gasteiger partial charge in [0, 0.05) is 18.0 Å². The smallest absolute Gasteiger partial charge is 0.318 e. The van der Waals surface area contributed by atoms with Crippen LogP contribution in [0.15, 0.2) is 23.6 Å². The summed E-state index contributed by atoms with van der Waals surface area (Å²) in [6, 6.07) is 6.03. The predicted octanol–water partition coefficient (Wildman–Crippen LogP) is 3.34. The molecule has 0 spiro atoms. The van der Waals surface area contributed by atoms with E-state index in [1.165, 1.54) is 16.0 Å². The maximum Gasteiger partial charge on any atom is 0.318 e. The third-order valence-electron chi connectivity index (χ3n) is 4.37. The molecule has 0 radical (unpaired) electrons. The van der Waals surface area contributed by atoms with Gasteiger partial charge in [-0.05, 0) is 53.6 Å². The molecule has 1 aromatic heterocycles. The average Bonchev–Trinajstić information content (AvgIpc) is 3.02. The summed E-state index contributed by atoms with van der Waals surface area (Å²) >= 11 is 1.67. The minimum atomic E-state index is -0.0248. The lowest BCUT2D eigenvalue weighted by Crippen LogP contribution is -2.42. The zero-order valence-corrected chi connectivity index (χ0v) is 15.0. The van der Waals surface area contributed by atoms with Gasteiger partial charge in [-0.15, -0.1) is 11.3 Å². The maximum atomic E-state index is 12.5. The van der Waals surface area contributed by atoms with Crippen LogP contribution in [0, 0.1) is 6.92 Å². The molecule has 2 amide bonds. The molecule has 128 valence electrons. The third kappa shape index (κ3) is 3.33. The van der Waals surface area contributed by atoms with Crippen molar-refractivity contribution in [2.45, 2.75) is 26.4 Å². The Kier molecular flexibility index (Phi) is 4.94. The normalized spacial score (nSPS) is 13.4. The van der Waals surface area contributed by atoms with E-state index in [9.17, 15) is 4.79 Å². The van der Waals surface area contributed by atoms with Crippen molar-refractivity contribution >= 4 is 17.4 Å². The van der Waals surface area contributed by atoms with Gasteiger partial charge in [0.15, 0.2) is 11.5 Å². The second-order valence-electron chi connectivity index (χ2n) is 5.83. The van der Waals surface area contributed by atoms with E-state index in [-0.39, 0.29) is 6.03 Å². The van der Waals surface area contributed by atoms with Crippen molar-refractivity contribution in [3.05, 3.63) is 45.1 Å². The Morgan fingerprint density at radius 3 is 2.58 bits per heavy atom. The number of thiophene rings is 1. The number of nitrogens with zero attached hydrogens (tertiary/aromatic N) is 1. The molecule has 0 bridgehead atoms. The van der Waals surface area contributed by atoms with Crippen molar-refractivity contribution in [3.63, 3.8) is 0 Å². The van der Waals surface area contributed by atoms with E-state index in [1.807, 2.05) is 22.4 Å². The van der Waals surface area contributed by atoms with Crippen LogP contribution in [-0.4, -0.2) is 31.7 Å². The fourth-order valence-corrected chi connectivity index (χ4v) is 3.76. The number of methoxy groups -OCH3 is 2. The highest BCUT2D eigenvalue weighted by molar-refractivity contribution is 7.10. The molecule has 5 nitrogen and oxygen atoms in total. The van der Waals surface area contributed by atoms with Gasteiger partial charge in [-0.2, -0.15) is 0 Å². The fourth-order valence-electron chi connectivity index (χ4n) is 2.91. The molecule has 0 saturated heterocycles. The number of amides is 2. The van der Waals surface area contributed by atoms with E-state index in [0.717, 1.165) is 17.7 Å². The number of hydrogen-bond donors (Lipinski definition) is 1. The number of nitrogens with one attached hydrogen (secondary N) is 1. The van der Waals surface area contributed by atoms with Crippen molar-refractivity contribution in [3.8, 4) is 11.5 Å². The van der Waals surface area contributed by atoms with Gasteiger partial charge in [-0.1, -0.05) is 0 Å². The number of fused-ring (bicyclic) bond motifs is 1. The lowest BCUT2D eigenvalue weighted by Gasteiger charge is -2.29. The predicted molar refractivity (Wildman–Crippen MR) is 95.0 cm³/mol. The first kappa shape index (κ1) is 16.6. The van der Waals surface area contributed by atoms with Crippen molar-refractivity contribution in [1.82, 2.24) is 10.2 Å². The molecule has 1 aliphatic rings. The number of urea groups is 1. The Balaban J connectivity index is 1.67. The molecule has 0 saturated carbocycles. The summed E-state index contributed by atoms with van der Waals surface area (Å²) in [6.07, 6.45) is 0.821. The fraction of sp³-hybridized carbons (Fsp3) is 0.389. The number of ether oxygens (including phenoxy) is 2.